The standard InChI is InChI=1S/C25H18Cl3N3O3/c1-15-22(24(32)30(25(33)34)14-16-5-3-2-4-6-16)29-31(21-12-11-19(27)13-20(21)28)23(15)17-7-9-18(26)10-8-17/h2-13H,14H2,1H3,(H,33,34). The van der Waals surface area contributed by atoms with Crippen molar-refractivity contribution in [1.29, 1.82) is 0 Å². The van der Waals surface area contributed by atoms with Gasteiger partial charge in [0.05, 0.1) is 22.9 Å². The lowest BCUT2D eigenvalue weighted by Crippen LogP contribution is -2.35. The third-order valence-electron chi connectivity index (χ3n) is 5.24. The van der Waals surface area contributed by atoms with E-state index in [4.69, 9.17) is 34.8 Å². The monoisotopic (exact) mass is 513 g/mol. The minimum absolute atomic E-state index is 0.00528. The van der Waals surface area contributed by atoms with Crippen LogP contribution in [-0.2, 0) is 6.54 Å². The normalized spacial score (nSPS) is 10.8. The van der Waals surface area contributed by atoms with Crippen LogP contribution in [0.4, 0.5) is 4.79 Å². The molecule has 1 N–H and O–H groups in total. The number of hydrogen-bond acceptors (Lipinski definition) is 3. The summed E-state index contributed by atoms with van der Waals surface area (Å²) in [5.74, 6) is -0.743. The zero-order valence-electron chi connectivity index (χ0n) is 17.9. The van der Waals surface area contributed by atoms with Crippen LogP contribution in [0.3, 0.4) is 0 Å². The first-order valence-electron chi connectivity index (χ1n) is 10.2. The highest BCUT2D eigenvalue weighted by molar-refractivity contribution is 6.35. The maximum Gasteiger partial charge on any atom is 0.414 e. The van der Waals surface area contributed by atoms with Gasteiger partial charge in [-0.1, -0.05) is 77.3 Å². The Morgan fingerprint density at radius 2 is 1.59 bits per heavy atom. The summed E-state index contributed by atoms with van der Waals surface area (Å²) >= 11 is 18.6. The predicted molar refractivity (Wildman–Crippen MR) is 133 cm³/mol. The number of amides is 2. The van der Waals surface area contributed by atoms with Gasteiger partial charge >= 0.3 is 6.09 Å². The average Bonchev–Trinajstić information content (AvgIpc) is 3.15. The molecule has 3 aromatic carbocycles. The van der Waals surface area contributed by atoms with E-state index in [0.717, 1.165) is 10.5 Å². The van der Waals surface area contributed by atoms with Crippen LogP contribution < -0.4 is 0 Å². The maximum absolute atomic E-state index is 13.4. The lowest BCUT2D eigenvalue weighted by atomic mass is 10.1. The minimum Gasteiger partial charge on any atom is -0.465 e. The van der Waals surface area contributed by atoms with E-state index in [-0.39, 0.29) is 12.2 Å². The molecule has 172 valence electrons. The van der Waals surface area contributed by atoms with Crippen LogP contribution in [0, 0.1) is 6.92 Å². The minimum atomic E-state index is -1.37. The Labute approximate surface area is 210 Å². The van der Waals surface area contributed by atoms with Gasteiger partial charge in [-0.05, 0) is 42.8 Å². The van der Waals surface area contributed by atoms with Gasteiger partial charge in [-0.25, -0.2) is 14.4 Å². The summed E-state index contributed by atoms with van der Waals surface area (Å²) in [5, 5.41) is 15.6. The smallest absolute Gasteiger partial charge is 0.414 e. The van der Waals surface area contributed by atoms with Gasteiger partial charge in [0.2, 0.25) is 0 Å². The van der Waals surface area contributed by atoms with E-state index in [2.05, 4.69) is 5.10 Å². The molecule has 6 nitrogen and oxygen atoms in total. The van der Waals surface area contributed by atoms with Crippen LogP contribution in [0.15, 0.2) is 72.8 Å². The van der Waals surface area contributed by atoms with Gasteiger partial charge in [0, 0.05) is 21.2 Å². The summed E-state index contributed by atoms with van der Waals surface area (Å²) < 4.78 is 1.52. The predicted octanol–water partition coefficient (Wildman–Crippen LogP) is 7.13. The van der Waals surface area contributed by atoms with Crippen molar-refractivity contribution in [2.45, 2.75) is 13.5 Å². The molecule has 34 heavy (non-hydrogen) atoms. The molecular formula is C25H18Cl3N3O3. The molecule has 1 aromatic heterocycles. The number of carboxylic acid groups (broad SMARTS) is 1. The Bertz CT molecular complexity index is 1370. The first-order chi connectivity index (χ1) is 16.3. The molecule has 4 aromatic rings. The van der Waals surface area contributed by atoms with Crippen LogP contribution in [0.5, 0.6) is 0 Å². The summed E-state index contributed by atoms with van der Waals surface area (Å²) in [7, 11) is 0. The van der Waals surface area contributed by atoms with Gasteiger partial charge < -0.3 is 5.11 Å². The van der Waals surface area contributed by atoms with E-state index in [1.807, 2.05) is 6.07 Å². The highest BCUT2D eigenvalue weighted by atomic mass is 35.5. The molecule has 0 saturated carbocycles. The van der Waals surface area contributed by atoms with Crippen molar-refractivity contribution >= 4 is 46.8 Å². The zero-order valence-corrected chi connectivity index (χ0v) is 20.1. The second-order valence-corrected chi connectivity index (χ2v) is 8.78. The lowest BCUT2D eigenvalue weighted by molar-refractivity contribution is 0.0723. The molecule has 0 fully saturated rings. The molecule has 0 aliphatic carbocycles. The van der Waals surface area contributed by atoms with Gasteiger partial charge in [0.15, 0.2) is 5.69 Å². The van der Waals surface area contributed by atoms with Gasteiger partial charge in [-0.2, -0.15) is 5.10 Å². The number of carbonyl (C=O) groups is 2. The number of halogens is 3. The molecule has 0 spiro atoms. The van der Waals surface area contributed by atoms with Crippen molar-refractivity contribution in [3.63, 3.8) is 0 Å². The van der Waals surface area contributed by atoms with E-state index in [9.17, 15) is 14.7 Å². The molecule has 0 aliphatic heterocycles. The zero-order chi connectivity index (χ0) is 24.4. The molecule has 0 bridgehead atoms. The van der Waals surface area contributed by atoms with Crippen LogP contribution in [0.1, 0.15) is 21.6 Å². The Balaban J connectivity index is 1.87. The summed E-state index contributed by atoms with van der Waals surface area (Å²) in [6, 6.07) is 20.8. The molecule has 0 aliphatic rings. The van der Waals surface area contributed by atoms with E-state index < -0.39 is 12.0 Å². The van der Waals surface area contributed by atoms with Crippen molar-refractivity contribution in [2.24, 2.45) is 0 Å². The van der Waals surface area contributed by atoms with E-state index >= 15 is 0 Å². The molecular weight excluding hydrogens is 497 g/mol. The van der Waals surface area contributed by atoms with Gasteiger partial charge in [0.25, 0.3) is 5.91 Å². The number of imide groups is 1. The molecule has 0 atom stereocenters. The first kappa shape index (κ1) is 23.8. The largest absolute Gasteiger partial charge is 0.465 e. The fourth-order valence-corrected chi connectivity index (χ4v) is 4.21. The summed E-state index contributed by atoms with van der Waals surface area (Å²) in [5.41, 5.74) is 2.96. The van der Waals surface area contributed by atoms with E-state index in [1.165, 1.54) is 4.68 Å². The summed E-state index contributed by atoms with van der Waals surface area (Å²) in [4.78, 5) is 26.2. The Kier molecular flexibility index (Phi) is 6.93. The molecule has 0 unspecified atom stereocenters. The molecule has 4 rings (SSSR count). The van der Waals surface area contributed by atoms with Crippen LogP contribution >= 0.6 is 34.8 Å². The lowest BCUT2D eigenvalue weighted by Gasteiger charge is -2.16. The van der Waals surface area contributed by atoms with Crippen LogP contribution in [0.2, 0.25) is 15.1 Å². The van der Waals surface area contributed by atoms with Crippen molar-refractivity contribution in [3.8, 4) is 16.9 Å². The fraction of sp³-hybridized carbons (Fsp3) is 0.0800. The molecule has 2 amide bonds. The fourth-order valence-electron chi connectivity index (χ4n) is 3.59. The number of nitrogens with zero attached hydrogens (tertiary/aromatic N) is 3. The van der Waals surface area contributed by atoms with Crippen molar-refractivity contribution in [2.75, 3.05) is 0 Å². The van der Waals surface area contributed by atoms with Gasteiger partial charge in [0.1, 0.15) is 0 Å². The summed E-state index contributed by atoms with van der Waals surface area (Å²) in [6.45, 7) is 1.60. The van der Waals surface area contributed by atoms with Crippen LogP contribution in [-0.4, -0.2) is 31.8 Å². The summed E-state index contributed by atoms with van der Waals surface area (Å²) in [6.07, 6.45) is -1.37. The van der Waals surface area contributed by atoms with Crippen molar-refractivity contribution in [1.82, 2.24) is 14.7 Å². The number of benzene rings is 3. The quantitative estimate of drug-likeness (QED) is 0.307. The molecule has 1 heterocycles. The third-order valence-corrected chi connectivity index (χ3v) is 6.03. The molecule has 0 radical (unpaired) electrons. The Hall–Kier alpha value is -3.32. The van der Waals surface area contributed by atoms with Gasteiger partial charge in [-0.3, -0.25) is 4.79 Å². The highest BCUT2D eigenvalue weighted by Gasteiger charge is 2.30. The Morgan fingerprint density at radius 1 is 0.941 bits per heavy atom. The Morgan fingerprint density at radius 3 is 2.21 bits per heavy atom. The first-order valence-corrected chi connectivity index (χ1v) is 11.3. The number of rotatable bonds is 5. The van der Waals surface area contributed by atoms with Crippen molar-refractivity contribution in [3.05, 3.63) is 105 Å². The van der Waals surface area contributed by atoms with Crippen molar-refractivity contribution < 1.29 is 14.7 Å². The number of carbonyl (C=O) groups excluding carboxylic acids is 1. The maximum atomic E-state index is 13.4. The highest BCUT2D eigenvalue weighted by Crippen LogP contribution is 2.33. The second kappa shape index (κ2) is 9.89. The second-order valence-electron chi connectivity index (χ2n) is 7.50. The molecule has 0 saturated heterocycles. The van der Waals surface area contributed by atoms with E-state index in [0.29, 0.717) is 37.6 Å². The van der Waals surface area contributed by atoms with Gasteiger partial charge in [-0.15, -0.1) is 0 Å². The van der Waals surface area contributed by atoms with Crippen LogP contribution in [0.25, 0.3) is 16.9 Å². The number of hydrogen-bond donors (Lipinski definition) is 1. The van der Waals surface area contributed by atoms with E-state index in [1.54, 1.807) is 73.7 Å². The SMILES string of the molecule is Cc1c(C(=O)N(Cc2ccccc2)C(=O)O)nn(-c2ccc(Cl)cc2Cl)c1-c1ccc(Cl)cc1. The number of aromatic nitrogens is 2. The topological polar surface area (TPSA) is 75.4 Å². The average molecular weight is 515 g/mol. The third kappa shape index (κ3) is 4.80. The molecule has 9 heteroatoms.